The molecule has 0 unspecified atom stereocenters. The van der Waals surface area contributed by atoms with Crippen LogP contribution < -0.4 is 54.4 Å². The molecule has 30 nitrogen and oxygen atoms in total. The zero-order chi connectivity index (χ0) is 57.7. The number of amides is 10. The summed E-state index contributed by atoms with van der Waals surface area (Å²) < 4.78 is 0. The monoisotopic (exact) mass is 1090 g/mol. The van der Waals surface area contributed by atoms with Crippen molar-refractivity contribution in [2.75, 3.05) is 19.8 Å². The first-order chi connectivity index (χ1) is 36.2. The maximum Gasteiger partial charge on any atom is 0.328 e. The van der Waals surface area contributed by atoms with Crippen LogP contribution in [0.4, 0.5) is 0 Å². The molecule has 1 aliphatic rings. The first-order valence-electron chi connectivity index (χ1n) is 23.9. The highest BCUT2D eigenvalue weighted by Gasteiger charge is 2.41. The molecule has 1 saturated heterocycles. The lowest BCUT2D eigenvalue weighted by Gasteiger charge is -2.30. The van der Waals surface area contributed by atoms with E-state index in [1.165, 1.54) is 48.5 Å². The molecule has 0 aromatic heterocycles. The molecule has 422 valence electrons. The molecule has 1 aliphatic heterocycles. The number of likely N-dealkylation sites (tertiary alicyclic amines) is 1. The maximum absolute atomic E-state index is 14.0. The van der Waals surface area contributed by atoms with Crippen LogP contribution in [0.15, 0.2) is 48.5 Å². The number of aliphatic hydroxyl groups excluding tert-OH is 3. The van der Waals surface area contributed by atoms with Crippen LogP contribution >= 0.6 is 0 Å². The number of carboxylic acids is 2. The lowest BCUT2D eigenvalue weighted by molar-refractivity contribution is -0.146. The van der Waals surface area contributed by atoms with E-state index in [1.807, 2.05) is 0 Å². The van der Waals surface area contributed by atoms with Gasteiger partial charge in [0.25, 0.3) is 0 Å². The highest BCUT2D eigenvalue weighted by molar-refractivity contribution is 5.99. The second kappa shape index (κ2) is 30.2. The van der Waals surface area contributed by atoms with E-state index < -0.39 is 170 Å². The summed E-state index contributed by atoms with van der Waals surface area (Å²) >= 11 is 0. The minimum Gasteiger partial charge on any atom is -0.508 e. The predicted molar refractivity (Wildman–Crippen MR) is 262 cm³/mol. The summed E-state index contributed by atoms with van der Waals surface area (Å²) in [4.78, 5) is 157. The Morgan fingerprint density at radius 2 is 1.01 bits per heavy atom. The molecule has 10 amide bonds. The molecule has 77 heavy (non-hydrogen) atoms. The minimum atomic E-state index is -2.02. The second-order valence-electron chi connectivity index (χ2n) is 17.9. The van der Waals surface area contributed by atoms with E-state index in [4.69, 9.17) is 17.2 Å². The normalized spacial score (nSPS) is 16.5. The molecular weight excluding hydrogens is 1020 g/mol. The Hall–Kier alpha value is -8.48. The van der Waals surface area contributed by atoms with Gasteiger partial charge in [-0.1, -0.05) is 24.3 Å². The lowest BCUT2D eigenvalue weighted by Crippen LogP contribution is -2.61. The number of nitrogens with one attached hydrogen (secondary N) is 7. The molecule has 1 heterocycles. The van der Waals surface area contributed by atoms with E-state index in [1.54, 1.807) is 0 Å². The minimum absolute atomic E-state index is 0.00390. The first-order valence-corrected chi connectivity index (χ1v) is 23.9. The Labute approximate surface area is 438 Å². The number of carboxylic acid groups (broad SMARTS) is 2. The largest absolute Gasteiger partial charge is 0.508 e. The smallest absolute Gasteiger partial charge is 0.328 e. The Bertz CT molecular complexity index is 2460. The number of nitrogens with two attached hydrogens (primary N) is 3. The average Bonchev–Trinajstić information content (AvgIpc) is 3.87. The zero-order valence-electron chi connectivity index (χ0n) is 41.6. The van der Waals surface area contributed by atoms with Gasteiger partial charge in [0, 0.05) is 32.2 Å². The van der Waals surface area contributed by atoms with Gasteiger partial charge in [0.2, 0.25) is 59.1 Å². The number of phenols is 2. The highest BCUT2D eigenvalue weighted by atomic mass is 16.4. The Morgan fingerprint density at radius 1 is 0.584 bits per heavy atom. The quantitative estimate of drug-likeness (QED) is 0.0334. The van der Waals surface area contributed by atoms with Crippen molar-refractivity contribution in [2.45, 2.75) is 125 Å². The molecule has 0 radical (unpaired) electrons. The number of primary amides is 2. The van der Waals surface area contributed by atoms with Crippen molar-refractivity contribution in [3.05, 3.63) is 59.7 Å². The fraction of sp³-hybridized carbons (Fsp3) is 0.489. The number of benzene rings is 2. The molecule has 1 fully saturated rings. The topological polar surface area (TPSA) is 512 Å². The number of rotatable bonds is 31. The van der Waals surface area contributed by atoms with Crippen molar-refractivity contribution in [1.29, 1.82) is 0 Å². The lowest BCUT2D eigenvalue weighted by atomic mass is 10.0. The number of nitrogens with zero attached hydrogens (tertiary/aromatic N) is 1. The molecule has 20 N–H and O–H groups in total. The number of phenolic OH excluding ortho intramolecular Hbond substituents is 2. The Kier molecular flexibility index (Phi) is 24.6. The van der Waals surface area contributed by atoms with Gasteiger partial charge in [-0.2, -0.15) is 0 Å². The number of aliphatic hydroxyl groups is 3. The molecular formula is C47H65N11O19. The standard InChI is InChI=1S/C47H65N11O19/c1-22(61)38(47(76)77)57-43(72)30(18-24-6-10-26(63)11-7-24)54-45(74)34-3-2-16-58(34)46(75)33(21-60)56-44(73)32(20-59)55-41(70)29(17-23-4-8-25(62)9-5-23)52-42(71)31(19-37(66)67)53-40(69)28(13-15-36(50)65)51-39(68)27(48)12-14-35(49)64/h4-11,22,27-34,38,59-63H,2-3,12-21,48H2,1H3,(H2,49,64)(H2,50,65)(H,51,68)(H,52,71)(H,53,69)(H,54,74)(H,55,70)(H,56,73)(H,57,72)(H,66,67)(H,76,77)/t22-,27+,28+,29+,30+,31+,32+,33+,34+,38+/m1/s1. The van der Waals surface area contributed by atoms with Crippen LogP contribution in [0.25, 0.3) is 0 Å². The summed E-state index contributed by atoms with van der Waals surface area (Å²) in [7, 11) is 0. The van der Waals surface area contributed by atoms with Gasteiger partial charge in [0.05, 0.1) is 31.8 Å². The van der Waals surface area contributed by atoms with Crippen LogP contribution in [0.5, 0.6) is 11.5 Å². The van der Waals surface area contributed by atoms with Gasteiger partial charge in [-0.25, -0.2) is 4.79 Å². The van der Waals surface area contributed by atoms with Crippen LogP contribution in [0.1, 0.15) is 63.0 Å². The number of hydrogen-bond donors (Lipinski definition) is 17. The van der Waals surface area contributed by atoms with Crippen LogP contribution in [0, 0.1) is 0 Å². The van der Waals surface area contributed by atoms with Crippen molar-refractivity contribution in [3.63, 3.8) is 0 Å². The number of carbonyl (C=O) groups excluding carboxylic acids is 10. The predicted octanol–water partition coefficient (Wildman–Crippen LogP) is -6.95. The fourth-order valence-corrected chi connectivity index (χ4v) is 7.68. The third kappa shape index (κ3) is 20.3. The zero-order valence-corrected chi connectivity index (χ0v) is 41.6. The van der Waals surface area contributed by atoms with Crippen molar-refractivity contribution in [2.24, 2.45) is 17.2 Å². The van der Waals surface area contributed by atoms with E-state index in [0.717, 1.165) is 11.8 Å². The summed E-state index contributed by atoms with van der Waals surface area (Å²) in [5, 5.41) is 85.2. The summed E-state index contributed by atoms with van der Waals surface area (Å²) in [6, 6.07) is -4.71. The van der Waals surface area contributed by atoms with Gasteiger partial charge < -0.3 is 95.1 Å². The van der Waals surface area contributed by atoms with Crippen molar-refractivity contribution >= 4 is 71.0 Å². The number of aliphatic carboxylic acids is 2. The van der Waals surface area contributed by atoms with E-state index in [0.29, 0.717) is 5.56 Å². The van der Waals surface area contributed by atoms with Crippen molar-refractivity contribution < 1.29 is 93.3 Å². The molecule has 10 atom stereocenters. The number of carbonyl (C=O) groups is 12. The van der Waals surface area contributed by atoms with E-state index in [-0.39, 0.29) is 55.7 Å². The van der Waals surface area contributed by atoms with Crippen LogP contribution in [-0.2, 0) is 70.4 Å². The van der Waals surface area contributed by atoms with Gasteiger partial charge in [0.15, 0.2) is 6.04 Å². The summed E-state index contributed by atoms with van der Waals surface area (Å²) in [6.07, 6.45) is -4.74. The third-order valence-electron chi connectivity index (χ3n) is 11.9. The van der Waals surface area contributed by atoms with Gasteiger partial charge >= 0.3 is 11.9 Å². The highest BCUT2D eigenvalue weighted by Crippen LogP contribution is 2.20. The second-order valence-corrected chi connectivity index (χ2v) is 17.9. The fourth-order valence-electron chi connectivity index (χ4n) is 7.68. The Balaban J connectivity index is 1.84. The summed E-state index contributed by atoms with van der Waals surface area (Å²) in [5.74, 6) is -14.3. The van der Waals surface area contributed by atoms with Crippen LogP contribution in [-0.4, -0.2) is 192 Å². The molecule has 2 aromatic carbocycles. The molecule has 2 aromatic rings. The van der Waals surface area contributed by atoms with Crippen molar-refractivity contribution in [3.8, 4) is 11.5 Å². The van der Waals surface area contributed by atoms with Gasteiger partial charge in [-0.3, -0.25) is 52.7 Å². The molecule has 3 rings (SSSR count). The van der Waals surface area contributed by atoms with Crippen LogP contribution in [0.3, 0.4) is 0 Å². The number of aromatic hydroxyl groups is 2. The third-order valence-corrected chi connectivity index (χ3v) is 11.9. The Morgan fingerprint density at radius 3 is 1.51 bits per heavy atom. The SMILES string of the molecule is C[C@@H](O)[C@H](NC(=O)[C@H](Cc1ccc(O)cc1)NC(=O)[C@@H]1CCCN1C(=O)[C@H](CO)NC(=O)[C@H](CO)NC(=O)[C@H](Cc1ccc(O)cc1)NC(=O)[C@H](CC(=O)O)NC(=O)[C@H](CCC(N)=O)NC(=O)[C@@H](N)CCC(N)=O)C(=O)O. The molecule has 0 saturated carbocycles. The van der Waals surface area contributed by atoms with Gasteiger partial charge in [-0.15, -0.1) is 0 Å². The molecule has 30 heteroatoms. The molecule has 0 bridgehead atoms. The van der Waals surface area contributed by atoms with Crippen LogP contribution in [0.2, 0.25) is 0 Å². The maximum atomic E-state index is 14.0. The van der Waals surface area contributed by atoms with E-state index in [9.17, 15) is 93.3 Å². The summed E-state index contributed by atoms with van der Waals surface area (Å²) in [6.45, 7) is -1.28. The summed E-state index contributed by atoms with van der Waals surface area (Å²) in [5.41, 5.74) is 16.8. The van der Waals surface area contributed by atoms with Gasteiger partial charge in [-0.05, 0) is 68.0 Å². The number of hydrogen-bond acceptors (Lipinski definition) is 18. The van der Waals surface area contributed by atoms with Gasteiger partial charge in [0.1, 0.15) is 53.8 Å². The first kappa shape index (κ1) is 62.8. The van der Waals surface area contributed by atoms with E-state index >= 15 is 0 Å². The molecule has 0 aliphatic carbocycles. The van der Waals surface area contributed by atoms with Crippen molar-refractivity contribution in [1.82, 2.24) is 42.1 Å². The average molecular weight is 1090 g/mol. The van der Waals surface area contributed by atoms with E-state index in [2.05, 4.69) is 37.2 Å². The molecule has 0 spiro atoms.